The van der Waals surface area contributed by atoms with E-state index in [1.54, 1.807) is 0 Å². The molecule has 0 aliphatic rings. The highest BCUT2D eigenvalue weighted by Gasteiger charge is 2.37. The van der Waals surface area contributed by atoms with Crippen LogP contribution in [0.2, 0.25) is 18.1 Å². The molecule has 1 aromatic rings. The van der Waals surface area contributed by atoms with Gasteiger partial charge in [0.25, 0.3) is 0 Å². The minimum Gasteiger partial charge on any atom is -0.413 e. The lowest BCUT2D eigenvalue weighted by molar-refractivity contribution is 0.276. The van der Waals surface area contributed by atoms with Gasteiger partial charge in [-0.25, -0.2) is 0 Å². The van der Waals surface area contributed by atoms with E-state index < -0.39 is 8.32 Å². The maximum absolute atomic E-state index is 6.37. The van der Waals surface area contributed by atoms with Crippen molar-refractivity contribution in [2.45, 2.75) is 78.1 Å². The van der Waals surface area contributed by atoms with Crippen molar-refractivity contribution in [1.82, 2.24) is 0 Å². The van der Waals surface area contributed by atoms with Crippen LogP contribution in [0.4, 0.5) is 0 Å². The summed E-state index contributed by atoms with van der Waals surface area (Å²) in [4.78, 5) is 0. The smallest absolute Gasteiger partial charge is 0.192 e. The Labute approximate surface area is 138 Å². The standard InChI is InChI=1S/C20H34OSi/c1-7-8-9-10-11-14-18-15-12-13-16-19(18)17-21-22(5,6)20(2,3)4/h11-16H,7-10,17H2,1-6H3/b14-11-. The van der Waals surface area contributed by atoms with Gasteiger partial charge in [-0.05, 0) is 42.1 Å². The van der Waals surface area contributed by atoms with Crippen LogP contribution in [-0.4, -0.2) is 8.32 Å². The summed E-state index contributed by atoms with van der Waals surface area (Å²) in [6, 6.07) is 8.61. The topological polar surface area (TPSA) is 9.23 Å². The zero-order valence-electron chi connectivity index (χ0n) is 15.4. The van der Waals surface area contributed by atoms with Crippen molar-refractivity contribution in [1.29, 1.82) is 0 Å². The van der Waals surface area contributed by atoms with Crippen molar-refractivity contribution >= 4 is 14.4 Å². The van der Waals surface area contributed by atoms with Gasteiger partial charge in [0.1, 0.15) is 0 Å². The van der Waals surface area contributed by atoms with E-state index in [4.69, 9.17) is 4.43 Å². The van der Waals surface area contributed by atoms with Crippen molar-refractivity contribution in [3.05, 3.63) is 41.5 Å². The Morgan fingerprint density at radius 1 is 1.09 bits per heavy atom. The van der Waals surface area contributed by atoms with Crippen molar-refractivity contribution in [2.24, 2.45) is 0 Å². The van der Waals surface area contributed by atoms with E-state index in [0.717, 1.165) is 6.61 Å². The number of benzene rings is 1. The largest absolute Gasteiger partial charge is 0.413 e. The Morgan fingerprint density at radius 3 is 2.41 bits per heavy atom. The number of hydrogen-bond acceptors (Lipinski definition) is 1. The molecule has 0 spiro atoms. The number of allylic oxidation sites excluding steroid dienone is 1. The van der Waals surface area contributed by atoms with Crippen molar-refractivity contribution in [3.8, 4) is 0 Å². The average Bonchev–Trinajstić information content (AvgIpc) is 2.45. The van der Waals surface area contributed by atoms with Gasteiger partial charge in [-0.1, -0.05) is 77.0 Å². The molecule has 0 unspecified atom stereocenters. The number of unbranched alkanes of at least 4 members (excludes halogenated alkanes) is 3. The molecule has 0 atom stereocenters. The van der Waals surface area contributed by atoms with Crippen LogP contribution < -0.4 is 0 Å². The maximum Gasteiger partial charge on any atom is 0.192 e. The van der Waals surface area contributed by atoms with E-state index in [9.17, 15) is 0 Å². The van der Waals surface area contributed by atoms with Crippen molar-refractivity contribution in [3.63, 3.8) is 0 Å². The first-order chi connectivity index (χ1) is 10.3. The van der Waals surface area contributed by atoms with E-state index in [2.05, 4.69) is 77.2 Å². The lowest BCUT2D eigenvalue weighted by Crippen LogP contribution is -2.40. The maximum atomic E-state index is 6.37. The Hall–Kier alpha value is -0.863. The Bertz CT molecular complexity index is 469. The van der Waals surface area contributed by atoms with Crippen LogP contribution in [0, 0.1) is 0 Å². The molecular weight excluding hydrogens is 284 g/mol. The first-order valence-corrected chi connectivity index (χ1v) is 11.6. The van der Waals surface area contributed by atoms with E-state index in [-0.39, 0.29) is 5.04 Å². The van der Waals surface area contributed by atoms with Crippen LogP contribution in [0.15, 0.2) is 30.3 Å². The number of rotatable bonds is 8. The summed E-state index contributed by atoms with van der Waals surface area (Å²) in [5.74, 6) is 0. The van der Waals surface area contributed by atoms with Crippen molar-refractivity contribution < 1.29 is 4.43 Å². The van der Waals surface area contributed by atoms with Crippen LogP contribution >= 0.6 is 0 Å². The molecule has 1 aromatic carbocycles. The molecule has 0 aromatic heterocycles. The zero-order chi connectivity index (χ0) is 16.6. The summed E-state index contributed by atoms with van der Waals surface area (Å²) >= 11 is 0. The fourth-order valence-electron chi connectivity index (χ4n) is 2.03. The van der Waals surface area contributed by atoms with Gasteiger partial charge >= 0.3 is 0 Å². The van der Waals surface area contributed by atoms with Gasteiger partial charge in [0, 0.05) is 0 Å². The van der Waals surface area contributed by atoms with Crippen LogP contribution in [0.5, 0.6) is 0 Å². The summed E-state index contributed by atoms with van der Waals surface area (Å²) in [6.45, 7) is 14.5. The third-order valence-corrected chi connectivity index (χ3v) is 9.20. The SMILES string of the molecule is CCCCC/C=C\c1ccccc1CO[Si](C)(C)C(C)(C)C. The zero-order valence-corrected chi connectivity index (χ0v) is 16.4. The molecule has 0 aliphatic carbocycles. The molecule has 0 amide bonds. The lowest BCUT2D eigenvalue weighted by Gasteiger charge is -2.36. The second-order valence-corrected chi connectivity index (χ2v) is 12.5. The average molecular weight is 319 g/mol. The molecule has 0 N–H and O–H groups in total. The Balaban J connectivity index is 2.68. The highest BCUT2D eigenvalue weighted by molar-refractivity contribution is 6.74. The third kappa shape index (κ3) is 6.10. The minimum absolute atomic E-state index is 0.262. The van der Waals surface area contributed by atoms with Crippen LogP contribution in [-0.2, 0) is 11.0 Å². The van der Waals surface area contributed by atoms with Gasteiger partial charge in [0.2, 0.25) is 0 Å². The Morgan fingerprint density at radius 2 is 1.77 bits per heavy atom. The van der Waals surface area contributed by atoms with Gasteiger partial charge in [-0.15, -0.1) is 0 Å². The monoisotopic (exact) mass is 318 g/mol. The molecule has 22 heavy (non-hydrogen) atoms. The molecule has 2 heteroatoms. The van der Waals surface area contributed by atoms with Gasteiger partial charge < -0.3 is 4.43 Å². The van der Waals surface area contributed by atoms with Gasteiger partial charge in [0.05, 0.1) is 6.61 Å². The molecule has 0 heterocycles. The van der Waals surface area contributed by atoms with Gasteiger partial charge in [-0.3, -0.25) is 0 Å². The second kappa shape index (κ2) is 8.69. The quantitative estimate of drug-likeness (QED) is 0.378. The van der Waals surface area contributed by atoms with Gasteiger partial charge in [-0.2, -0.15) is 0 Å². The van der Waals surface area contributed by atoms with E-state index >= 15 is 0 Å². The lowest BCUT2D eigenvalue weighted by atomic mass is 10.1. The van der Waals surface area contributed by atoms with Gasteiger partial charge in [0.15, 0.2) is 8.32 Å². The van der Waals surface area contributed by atoms with E-state index in [1.807, 2.05) is 0 Å². The minimum atomic E-state index is -1.68. The van der Waals surface area contributed by atoms with E-state index in [0.29, 0.717) is 0 Å². The highest BCUT2D eigenvalue weighted by Crippen LogP contribution is 2.37. The summed E-state index contributed by atoms with van der Waals surface area (Å²) in [6.07, 6.45) is 9.63. The van der Waals surface area contributed by atoms with E-state index in [1.165, 1.54) is 36.8 Å². The molecule has 0 aliphatic heterocycles. The summed E-state index contributed by atoms with van der Waals surface area (Å²) in [7, 11) is -1.68. The normalized spacial score (nSPS) is 13.0. The summed E-state index contributed by atoms with van der Waals surface area (Å²) < 4.78 is 6.37. The first-order valence-electron chi connectivity index (χ1n) is 8.66. The predicted molar refractivity (Wildman–Crippen MR) is 102 cm³/mol. The fourth-order valence-corrected chi connectivity index (χ4v) is 2.97. The summed E-state index contributed by atoms with van der Waals surface area (Å²) in [5.41, 5.74) is 2.61. The predicted octanol–water partition coefficient (Wildman–Crippen LogP) is 6.80. The molecular formula is C20H34OSi. The molecule has 0 saturated carbocycles. The third-order valence-electron chi connectivity index (χ3n) is 4.72. The molecule has 1 nitrogen and oxygen atoms in total. The molecule has 124 valence electrons. The molecule has 0 saturated heterocycles. The second-order valence-electron chi connectivity index (χ2n) is 7.65. The Kier molecular flexibility index (Phi) is 7.57. The molecule has 0 bridgehead atoms. The molecule has 0 radical (unpaired) electrons. The molecule has 1 rings (SSSR count). The van der Waals surface area contributed by atoms with Crippen LogP contribution in [0.1, 0.15) is 64.5 Å². The fraction of sp³-hybridized carbons (Fsp3) is 0.600. The van der Waals surface area contributed by atoms with Crippen LogP contribution in [0.25, 0.3) is 6.08 Å². The first kappa shape index (κ1) is 19.2. The van der Waals surface area contributed by atoms with Crippen molar-refractivity contribution in [2.75, 3.05) is 0 Å². The van der Waals surface area contributed by atoms with Crippen LogP contribution in [0.3, 0.4) is 0 Å². The highest BCUT2D eigenvalue weighted by atomic mass is 28.4. The molecule has 0 fully saturated rings. The number of hydrogen-bond donors (Lipinski definition) is 0. The summed E-state index contributed by atoms with van der Waals surface area (Å²) in [5, 5.41) is 0.262.